The van der Waals surface area contributed by atoms with Crippen LogP contribution in [-0.2, 0) is 16.8 Å². The number of hydrogen-bond donors (Lipinski definition) is 1. The fraction of sp³-hybridized carbons (Fsp3) is 0.867. The summed E-state index contributed by atoms with van der Waals surface area (Å²) in [7, 11) is 0. The molecule has 1 aromatic heterocycles. The van der Waals surface area contributed by atoms with E-state index in [0.717, 1.165) is 57.6 Å². The highest BCUT2D eigenvalue weighted by molar-refractivity contribution is 5.02. The minimum Gasteiger partial charge on any atom is -0.367 e. The van der Waals surface area contributed by atoms with Crippen LogP contribution in [0.1, 0.15) is 64.6 Å². The highest BCUT2D eigenvalue weighted by Gasteiger charge is 2.36. The summed E-state index contributed by atoms with van der Waals surface area (Å²) in [6, 6.07) is 0.422. The molecule has 0 aliphatic carbocycles. The van der Waals surface area contributed by atoms with Crippen molar-refractivity contribution in [1.29, 1.82) is 0 Å². The SMILES string of the molecule is CCCNC(CCC)Cc1nc(C2(C)CCCO2)no1. The predicted molar refractivity (Wildman–Crippen MR) is 77.5 cm³/mol. The van der Waals surface area contributed by atoms with Gasteiger partial charge in [0, 0.05) is 19.1 Å². The molecule has 1 fully saturated rings. The first kappa shape index (κ1) is 15.4. The van der Waals surface area contributed by atoms with Crippen LogP contribution in [0.15, 0.2) is 4.52 Å². The van der Waals surface area contributed by atoms with Gasteiger partial charge in [-0.2, -0.15) is 4.98 Å². The van der Waals surface area contributed by atoms with Gasteiger partial charge in [-0.15, -0.1) is 0 Å². The lowest BCUT2D eigenvalue weighted by Crippen LogP contribution is -2.31. The van der Waals surface area contributed by atoms with Gasteiger partial charge in [0.05, 0.1) is 0 Å². The molecule has 0 saturated carbocycles. The summed E-state index contributed by atoms with van der Waals surface area (Å²) >= 11 is 0. The van der Waals surface area contributed by atoms with Crippen LogP contribution < -0.4 is 5.32 Å². The Labute approximate surface area is 121 Å². The molecule has 5 nitrogen and oxygen atoms in total. The smallest absolute Gasteiger partial charge is 0.228 e. The third-order valence-corrected chi connectivity index (χ3v) is 3.90. The van der Waals surface area contributed by atoms with Gasteiger partial charge >= 0.3 is 0 Å². The van der Waals surface area contributed by atoms with Gasteiger partial charge in [0.25, 0.3) is 0 Å². The second-order valence-electron chi connectivity index (χ2n) is 5.84. The molecular weight excluding hydrogens is 254 g/mol. The number of rotatable bonds is 8. The number of aromatic nitrogens is 2. The molecule has 2 rings (SSSR count). The summed E-state index contributed by atoms with van der Waals surface area (Å²) in [5.74, 6) is 1.43. The van der Waals surface area contributed by atoms with E-state index in [0.29, 0.717) is 11.9 Å². The van der Waals surface area contributed by atoms with Crippen LogP contribution in [0.4, 0.5) is 0 Å². The number of hydrogen-bond acceptors (Lipinski definition) is 5. The maximum atomic E-state index is 5.76. The predicted octanol–water partition coefficient (Wildman–Crippen LogP) is 2.81. The highest BCUT2D eigenvalue weighted by atomic mass is 16.5. The molecule has 2 atom stereocenters. The Kier molecular flexibility index (Phi) is 5.54. The molecule has 2 heterocycles. The summed E-state index contributed by atoms with van der Waals surface area (Å²) in [5, 5.41) is 7.67. The van der Waals surface area contributed by atoms with Crippen molar-refractivity contribution in [2.24, 2.45) is 0 Å². The fourth-order valence-electron chi connectivity index (χ4n) is 2.69. The van der Waals surface area contributed by atoms with Gasteiger partial charge in [-0.1, -0.05) is 25.4 Å². The first-order valence-electron chi connectivity index (χ1n) is 7.88. The van der Waals surface area contributed by atoms with E-state index in [4.69, 9.17) is 9.26 Å². The summed E-state index contributed by atoms with van der Waals surface area (Å²) in [6.07, 6.45) is 6.27. The minimum atomic E-state index is -0.348. The van der Waals surface area contributed by atoms with E-state index in [1.807, 2.05) is 6.92 Å². The second-order valence-corrected chi connectivity index (χ2v) is 5.84. The van der Waals surface area contributed by atoms with E-state index in [9.17, 15) is 0 Å². The van der Waals surface area contributed by atoms with Crippen LogP contribution in [0.2, 0.25) is 0 Å². The molecule has 5 heteroatoms. The lowest BCUT2D eigenvalue weighted by molar-refractivity contribution is 0.00768. The second kappa shape index (κ2) is 7.18. The Morgan fingerprint density at radius 2 is 2.20 bits per heavy atom. The molecule has 1 aliphatic heterocycles. The zero-order valence-corrected chi connectivity index (χ0v) is 12.9. The van der Waals surface area contributed by atoms with Gasteiger partial charge in [0.15, 0.2) is 0 Å². The number of ether oxygens (including phenoxy) is 1. The van der Waals surface area contributed by atoms with E-state index >= 15 is 0 Å². The standard InChI is InChI=1S/C15H27N3O2/c1-4-7-12(16-9-5-2)11-13-17-14(18-20-13)15(3)8-6-10-19-15/h12,16H,4-11H2,1-3H3. The molecule has 0 aromatic carbocycles. The highest BCUT2D eigenvalue weighted by Crippen LogP contribution is 2.33. The van der Waals surface area contributed by atoms with Crippen molar-refractivity contribution >= 4 is 0 Å². The third-order valence-electron chi connectivity index (χ3n) is 3.90. The lowest BCUT2D eigenvalue weighted by Gasteiger charge is -2.18. The average molecular weight is 281 g/mol. The van der Waals surface area contributed by atoms with E-state index in [1.54, 1.807) is 0 Å². The Balaban J connectivity index is 1.96. The van der Waals surface area contributed by atoms with Crippen molar-refractivity contribution in [3.05, 3.63) is 11.7 Å². The fourth-order valence-corrected chi connectivity index (χ4v) is 2.69. The Hall–Kier alpha value is -0.940. The maximum absolute atomic E-state index is 5.76. The van der Waals surface area contributed by atoms with Gasteiger partial charge in [0.2, 0.25) is 11.7 Å². The van der Waals surface area contributed by atoms with E-state index in [-0.39, 0.29) is 5.60 Å². The largest absolute Gasteiger partial charge is 0.367 e. The van der Waals surface area contributed by atoms with Crippen molar-refractivity contribution < 1.29 is 9.26 Å². The van der Waals surface area contributed by atoms with Crippen LogP contribution in [0.3, 0.4) is 0 Å². The third kappa shape index (κ3) is 3.79. The molecule has 0 spiro atoms. The van der Waals surface area contributed by atoms with Gasteiger partial charge in [0.1, 0.15) is 5.60 Å². The summed E-state index contributed by atoms with van der Waals surface area (Å²) in [5.41, 5.74) is -0.348. The lowest BCUT2D eigenvalue weighted by atomic mass is 10.0. The van der Waals surface area contributed by atoms with Crippen molar-refractivity contribution in [2.75, 3.05) is 13.2 Å². The zero-order valence-electron chi connectivity index (χ0n) is 12.9. The molecule has 1 saturated heterocycles. The van der Waals surface area contributed by atoms with Crippen molar-refractivity contribution in [3.63, 3.8) is 0 Å². The van der Waals surface area contributed by atoms with Crippen LogP contribution >= 0.6 is 0 Å². The van der Waals surface area contributed by atoms with E-state index in [2.05, 4.69) is 29.3 Å². The average Bonchev–Trinajstić information content (AvgIpc) is 3.06. The van der Waals surface area contributed by atoms with E-state index < -0.39 is 0 Å². The molecular formula is C15H27N3O2. The first-order valence-corrected chi connectivity index (χ1v) is 7.88. The normalized spacial score (nSPS) is 24.1. The van der Waals surface area contributed by atoms with Crippen molar-refractivity contribution in [3.8, 4) is 0 Å². The number of nitrogens with one attached hydrogen (secondary N) is 1. The number of nitrogens with zero attached hydrogens (tertiary/aromatic N) is 2. The molecule has 0 amide bonds. The topological polar surface area (TPSA) is 60.2 Å². The molecule has 1 aliphatic rings. The Morgan fingerprint density at radius 3 is 2.85 bits per heavy atom. The Bertz CT molecular complexity index is 400. The molecule has 0 radical (unpaired) electrons. The molecule has 20 heavy (non-hydrogen) atoms. The van der Waals surface area contributed by atoms with E-state index in [1.165, 1.54) is 0 Å². The van der Waals surface area contributed by atoms with Gasteiger partial charge in [-0.3, -0.25) is 0 Å². The van der Waals surface area contributed by atoms with Crippen LogP contribution in [0, 0.1) is 0 Å². The van der Waals surface area contributed by atoms with Crippen LogP contribution in [0.5, 0.6) is 0 Å². The zero-order chi connectivity index (χ0) is 14.4. The first-order chi connectivity index (χ1) is 9.68. The van der Waals surface area contributed by atoms with Crippen LogP contribution in [-0.4, -0.2) is 29.3 Å². The Morgan fingerprint density at radius 1 is 1.35 bits per heavy atom. The molecule has 1 aromatic rings. The maximum Gasteiger partial charge on any atom is 0.228 e. The monoisotopic (exact) mass is 281 g/mol. The van der Waals surface area contributed by atoms with Gasteiger partial charge < -0.3 is 14.6 Å². The minimum absolute atomic E-state index is 0.348. The quantitative estimate of drug-likeness (QED) is 0.794. The summed E-state index contributed by atoms with van der Waals surface area (Å²) in [6.45, 7) is 8.25. The molecule has 1 N–H and O–H groups in total. The molecule has 0 bridgehead atoms. The van der Waals surface area contributed by atoms with Crippen molar-refractivity contribution in [2.45, 2.75) is 70.9 Å². The molecule has 2 unspecified atom stereocenters. The summed E-state index contributed by atoms with van der Waals surface area (Å²) in [4.78, 5) is 4.55. The van der Waals surface area contributed by atoms with Gasteiger partial charge in [-0.25, -0.2) is 0 Å². The van der Waals surface area contributed by atoms with Gasteiger partial charge in [-0.05, 0) is 39.2 Å². The molecule has 114 valence electrons. The van der Waals surface area contributed by atoms with Crippen LogP contribution in [0.25, 0.3) is 0 Å². The van der Waals surface area contributed by atoms with Crippen molar-refractivity contribution in [1.82, 2.24) is 15.5 Å². The summed E-state index contributed by atoms with van der Waals surface area (Å²) < 4.78 is 11.2.